The van der Waals surface area contributed by atoms with Gasteiger partial charge in [0.05, 0.1) is 17.9 Å². The average molecular weight is 439 g/mol. The monoisotopic (exact) mass is 437 g/mol. The Morgan fingerprint density at radius 1 is 1.26 bits per heavy atom. The molecule has 0 radical (unpaired) electrons. The lowest BCUT2D eigenvalue weighted by Crippen LogP contribution is -2.15. The lowest BCUT2D eigenvalue weighted by atomic mass is 10.1. The van der Waals surface area contributed by atoms with E-state index in [2.05, 4.69) is 48.9 Å². The highest BCUT2D eigenvalue weighted by Gasteiger charge is 2.24. The van der Waals surface area contributed by atoms with Crippen molar-refractivity contribution >= 4 is 49.2 Å². The van der Waals surface area contributed by atoms with Gasteiger partial charge in [-0.1, -0.05) is 28.9 Å². The second kappa shape index (κ2) is 7.05. The van der Waals surface area contributed by atoms with E-state index in [1.807, 2.05) is 25.1 Å². The molecule has 0 unspecified atom stereocenters. The van der Waals surface area contributed by atoms with Gasteiger partial charge in [0.2, 0.25) is 0 Å². The number of ether oxygens (including phenoxy) is 1. The fourth-order valence-corrected chi connectivity index (χ4v) is 4.32. The summed E-state index contributed by atoms with van der Waals surface area (Å²) in [5.74, 6) is -0.261. The molecule has 1 aliphatic heterocycles. The van der Waals surface area contributed by atoms with Crippen molar-refractivity contribution in [3.05, 3.63) is 56.5 Å². The summed E-state index contributed by atoms with van der Waals surface area (Å²) in [6.07, 6.45) is 1.81. The van der Waals surface area contributed by atoms with Gasteiger partial charge in [0.1, 0.15) is 0 Å². The molecule has 1 heterocycles. The Morgan fingerprint density at radius 3 is 2.87 bits per heavy atom. The summed E-state index contributed by atoms with van der Waals surface area (Å²) in [5, 5.41) is 0. The number of carbonyl (C=O) groups is 1. The van der Waals surface area contributed by atoms with Gasteiger partial charge in [-0.3, -0.25) is 0 Å². The van der Waals surface area contributed by atoms with Gasteiger partial charge < -0.3 is 9.64 Å². The third kappa shape index (κ3) is 3.45. The number of halogens is 2. The van der Waals surface area contributed by atoms with Crippen molar-refractivity contribution in [3.8, 4) is 0 Å². The first-order valence-corrected chi connectivity index (χ1v) is 9.21. The number of hydrogen-bond donors (Lipinski definition) is 0. The smallest absolute Gasteiger partial charge is 0.338 e. The van der Waals surface area contributed by atoms with Gasteiger partial charge in [0, 0.05) is 21.2 Å². The van der Waals surface area contributed by atoms with Crippen LogP contribution in [0.3, 0.4) is 0 Å². The first-order chi connectivity index (χ1) is 11.1. The van der Waals surface area contributed by atoms with Crippen LogP contribution in [0.5, 0.6) is 0 Å². The molecule has 23 heavy (non-hydrogen) atoms. The van der Waals surface area contributed by atoms with E-state index in [1.54, 1.807) is 6.07 Å². The van der Waals surface area contributed by atoms with Crippen LogP contribution in [0, 0.1) is 0 Å². The lowest BCUT2D eigenvalue weighted by Gasteiger charge is -2.21. The van der Waals surface area contributed by atoms with Crippen LogP contribution in [0.4, 0.5) is 11.4 Å². The number of hydrogen-bond acceptors (Lipinski definition) is 3. The van der Waals surface area contributed by atoms with E-state index in [0.717, 1.165) is 34.0 Å². The summed E-state index contributed by atoms with van der Waals surface area (Å²) < 4.78 is 7.36. The summed E-state index contributed by atoms with van der Waals surface area (Å²) in [4.78, 5) is 14.3. The number of carbonyl (C=O) groups excluding carboxylic acids is 1. The largest absolute Gasteiger partial charge is 0.462 e. The van der Waals surface area contributed by atoms with Crippen LogP contribution in [0.15, 0.2) is 45.3 Å². The summed E-state index contributed by atoms with van der Waals surface area (Å²) >= 11 is 7.19. The molecule has 2 aromatic carbocycles. The Labute approximate surface area is 152 Å². The van der Waals surface area contributed by atoms with Crippen molar-refractivity contribution in [1.82, 2.24) is 0 Å². The maximum atomic E-state index is 12.1. The minimum absolute atomic E-state index is 0.261. The van der Waals surface area contributed by atoms with Crippen molar-refractivity contribution in [3.63, 3.8) is 0 Å². The molecule has 3 rings (SSSR count). The standard InChI is InChI=1S/C18H17Br2NO2/c1-2-8-23-18(22)13-4-3-5-15(10-13)21-7-6-12-9-14(19)11-16(20)17(12)21/h3-5,9-11H,2,6-8H2,1H3. The van der Waals surface area contributed by atoms with Crippen molar-refractivity contribution in [2.75, 3.05) is 18.1 Å². The molecule has 0 saturated heterocycles. The molecule has 0 fully saturated rings. The maximum absolute atomic E-state index is 12.1. The number of benzene rings is 2. The molecule has 5 heteroatoms. The van der Waals surface area contributed by atoms with Crippen LogP contribution >= 0.6 is 31.9 Å². The lowest BCUT2D eigenvalue weighted by molar-refractivity contribution is 0.0505. The van der Waals surface area contributed by atoms with Gasteiger partial charge in [-0.2, -0.15) is 0 Å². The molecule has 0 atom stereocenters. The SMILES string of the molecule is CCCOC(=O)c1cccc(N2CCc3cc(Br)cc(Br)c32)c1. The fraction of sp³-hybridized carbons (Fsp3) is 0.278. The highest BCUT2D eigenvalue weighted by atomic mass is 79.9. The number of fused-ring (bicyclic) bond motifs is 1. The predicted molar refractivity (Wildman–Crippen MR) is 99.6 cm³/mol. The Kier molecular flexibility index (Phi) is 5.07. The minimum atomic E-state index is -0.261. The normalized spacial score (nSPS) is 13.1. The molecule has 3 nitrogen and oxygen atoms in total. The quantitative estimate of drug-likeness (QED) is 0.592. The highest BCUT2D eigenvalue weighted by molar-refractivity contribution is 9.11. The van der Waals surface area contributed by atoms with Crippen molar-refractivity contribution in [2.24, 2.45) is 0 Å². The fourth-order valence-electron chi connectivity index (χ4n) is 2.79. The second-order valence-corrected chi connectivity index (χ2v) is 7.25. The first kappa shape index (κ1) is 16.5. The van der Waals surface area contributed by atoms with Gasteiger partial charge in [-0.15, -0.1) is 0 Å². The van der Waals surface area contributed by atoms with E-state index < -0.39 is 0 Å². The number of nitrogens with zero attached hydrogens (tertiary/aromatic N) is 1. The molecule has 1 aliphatic rings. The van der Waals surface area contributed by atoms with E-state index in [9.17, 15) is 4.79 Å². The minimum Gasteiger partial charge on any atom is -0.462 e. The maximum Gasteiger partial charge on any atom is 0.338 e. The molecular weight excluding hydrogens is 422 g/mol. The van der Waals surface area contributed by atoms with Gasteiger partial charge in [-0.25, -0.2) is 4.79 Å². The van der Waals surface area contributed by atoms with Crippen LogP contribution < -0.4 is 4.90 Å². The Balaban J connectivity index is 1.92. The zero-order valence-electron chi connectivity index (χ0n) is 12.8. The zero-order chi connectivity index (χ0) is 16.4. The Hall–Kier alpha value is -1.33. The summed E-state index contributed by atoms with van der Waals surface area (Å²) in [5.41, 5.74) is 4.08. The van der Waals surface area contributed by atoms with Crippen LogP contribution in [-0.4, -0.2) is 19.1 Å². The number of rotatable bonds is 4. The molecule has 0 saturated carbocycles. The Morgan fingerprint density at radius 2 is 2.09 bits per heavy atom. The third-order valence-electron chi connectivity index (χ3n) is 3.81. The van der Waals surface area contributed by atoms with Crippen molar-refractivity contribution in [1.29, 1.82) is 0 Å². The average Bonchev–Trinajstić information content (AvgIpc) is 2.96. The molecule has 0 aliphatic carbocycles. The van der Waals surface area contributed by atoms with Gasteiger partial charge in [0.25, 0.3) is 0 Å². The second-order valence-electron chi connectivity index (χ2n) is 5.48. The summed E-state index contributed by atoms with van der Waals surface area (Å²) in [6.45, 7) is 3.34. The molecule has 0 amide bonds. The van der Waals surface area contributed by atoms with Crippen LogP contribution in [0.1, 0.15) is 29.3 Å². The molecule has 0 bridgehead atoms. The van der Waals surface area contributed by atoms with E-state index in [1.165, 1.54) is 11.3 Å². The zero-order valence-corrected chi connectivity index (χ0v) is 16.0. The van der Waals surface area contributed by atoms with E-state index in [0.29, 0.717) is 12.2 Å². The van der Waals surface area contributed by atoms with Crippen molar-refractivity contribution < 1.29 is 9.53 Å². The topological polar surface area (TPSA) is 29.5 Å². The number of anilines is 2. The highest BCUT2D eigenvalue weighted by Crippen LogP contribution is 2.41. The number of esters is 1. The van der Waals surface area contributed by atoms with Crippen LogP contribution in [0.25, 0.3) is 0 Å². The summed E-state index contributed by atoms with van der Waals surface area (Å²) in [7, 11) is 0. The van der Waals surface area contributed by atoms with E-state index >= 15 is 0 Å². The van der Waals surface area contributed by atoms with Gasteiger partial charge >= 0.3 is 5.97 Å². The van der Waals surface area contributed by atoms with E-state index in [-0.39, 0.29) is 5.97 Å². The van der Waals surface area contributed by atoms with Crippen LogP contribution in [-0.2, 0) is 11.2 Å². The molecule has 0 N–H and O–H groups in total. The van der Waals surface area contributed by atoms with Crippen LogP contribution in [0.2, 0.25) is 0 Å². The van der Waals surface area contributed by atoms with Crippen molar-refractivity contribution in [2.45, 2.75) is 19.8 Å². The molecule has 0 aromatic heterocycles. The molecular formula is C18H17Br2NO2. The molecule has 120 valence electrons. The summed E-state index contributed by atoms with van der Waals surface area (Å²) in [6, 6.07) is 11.8. The molecule has 0 spiro atoms. The first-order valence-electron chi connectivity index (χ1n) is 7.63. The Bertz CT molecular complexity index is 746. The van der Waals surface area contributed by atoms with E-state index in [4.69, 9.17) is 4.74 Å². The third-order valence-corrected chi connectivity index (χ3v) is 4.87. The van der Waals surface area contributed by atoms with Gasteiger partial charge in [-0.05, 0) is 64.7 Å². The van der Waals surface area contributed by atoms with Gasteiger partial charge in [0.15, 0.2) is 0 Å². The molecule has 2 aromatic rings. The predicted octanol–water partition coefficient (Wildman–Crippen LogP) is 5.47.